The molecule has 2 unspecified atom stereocenters. The summed E-state index contributed by atoms with van der Waals surface area (Å²) in [5, 5.41) is 15.8. The van der Waals surface area contributed by atoms with Crippen molar-refractivity contribution in [1.82, 2.24) is 9.97 Å². The number of hydrogen-bond acceptors (Lipinski definition) is 5. The predicted molar refractivity (Wildman–Crippen MR) is 74.9 cm³/mol. The van der Waals surface area contributed by atoms with E-state index < -0.39 is 0 Å². The van der Waals surface area contributed by atoms with E-state index in [0.29, 0.717) is 0 Å². The first-order valence-corrected chi connectivity index (χ1v) is 6.59. The van der Waals surface area contributed by atoms with Crippen LogP contribution in [0.2, 0.25) is 0 Å². The molecule has 1 aromatic heterocycles. The highest BCUT2D eigenvalue weighted by Crippen LogP contribution is 2.22. The number of anilines is 2. The molecule has 5 heteroatoms. The fourth-order valence-electron chi connectivity index (χ4n) is 1.71. The second-order valence-corrected chi connectivity index (χ2v) is 4.53. The van der Waals surface area contributed by atoms with Crippen molar-refractivity contribution >= 4 is 11.6 Å². The van der Waals surface area contributed by atoms with Gasteiger partial charge in [-0.15, -0.1) is 0 Å². The molecule has 0 saturated heterocycles. The van der Waals surface area contributed by atoms with Crippen molar-refractivity contribution < 1.29 is 5.11 Å². The van der Waals surface area contributed by atoms with Crippen molar-refractivity contribution in [2.45, 2.75) is 40.2 Å². The molecule has 0 aromatic carbocycles. The van der Waals surface area contributed by atoms with Crippen molar-refractivity contribution in [3.63, 3.8) is 0 Å². The molecule has 2 atom stereocenters. The number of rotatable bonds is 7. The van der Waals surface area contributed by atoms with Gasteiger partial charge in [0.25, 0.3) is 0 Å². The normalized spacial score (nSPS) is 14.1. The number of aromatic nitrogens is 2. The maximum atomic E-state index is 9.16. The van der Waals surface area contributed by atoms with E-state index in [1.807, 2.05) is 13.8 Å². The number of nitrogens with zero attached hydrogens (tertiary/aromatic N) is 2. The van der Waals surface area contributed by atoms with E-state index in [9.17, 15) is 0 Å². The molecule has 5 nitrogen and oxygen atoms in total. The zero-order chi connectivity index (χ0) is 13.5. The van der Waals surface area contributed by atoms with Gasteiger partial charge in [-0.1, -0.05) is 13.8 Å². The lowest BCUT2D eigenvalue weighted by atomic mass is 10.0. The summed E-state index contributed by atoms with van der Waals surface area (Å²) in [6.07, 6.45) is 2.43. The standard InChI is InChI=1S/C13H24N4O/c1-5-11-12(14-6-2)15-8-16-13(11)17-10(4)9(3)7-18/h8-10,18H,5-7H2,1-4H3,(H2,14,15,16,17). The van der Waals surface area contributed by atoms with Gasteiger partial charge in [-0.05, 0) is 26.2 Å². The maximum Gasteiger partial charge on any atom is 0.134 e. The summed E-state index contributed by atoms with van der Waals surface area (Å²) < 4.78 is 0. The van der Waals surface area contributed by atoms with E-state index in [0.717, 1.165) is 30.2 Å². The van der Waals surface area contributed by atoms with E-state index in [1.54, 1.807) is 6.33 Å². The molecular weight excluding hydrogens is 228 g/mol. The van der Waals surface area contributed by atoms with Crippen LogP contribution < -0.4 is 10.6 Å². The molecule has 0 aliphatic heterocycles. The molecule has 0 saturated carbocycles. The van der Waals surface area contributed by atoms with E-state index in [2.05, 4.69) is 34.4 Å². The maximum absolute atomic E-state index is 9.16. The molecule has 0 aliphatic carbocycles. The first-order chi connectivity index (χ1) is 8.63. The number of hydrogen-bond donors (Lipinski definition) is 3. The summed E-state index contributed by atoms with van der Waals surface area (Å²) in [5.41, 5.74) is 1.09. The van der Waals surface area contributed by atoms with E-state index >= 15 is 0 Å². The zero-order valence-corrected chi connectivity index (χ0v) is 11.7. The Labute approximate surface area is 109 Å². The third-order valence-corrected chi connectivity index (χ3v) is 3.15. The Hall–Kier alpha value is -1.36. The van der Waals surface area contributed by atoms with Crippen LogP contribution in [0.4, 0.5) is 11.6 Å². The van der Waals surface area contributed by atoms with Crippen LogP contribution in [0.3, 0.4) is 0 Å². The van der Waals surface area contributed by atoms with Crippen LogP contribution in [0.1, 0.15) is 33.3 Å². The van der Waals surface area contributed by atoms with Crippen molar-refractivity contribution in [1.29, 1.82) is 0 Å². The molecule has 0 fully saturated rings. The topological polar surface area (TPSA) is 70.1 Å². The van der Waals surface area contributed by atoms with Gasteiger partial charge < -0.3 is 15.7 Å². The molecule has 0 bridgehead atoms. The summed E-state index contributed by atoms with van der Waals surface area (Å²) >= 11 is 0. The molecule has 0 amide bonds. The van der Waals surface area contributed by atoms with Gasteiger partial charge in [-0.3, -0.25) is 0 Å². The van der Waals surface area contributed by atoms with Crippen LogP contribution in [0, 0.1) is 5.92 Å². The van der Waals surface area contributed by atoms with Gasteiger partial charge >= 0.3 is 0 Å². The average Bonchev–Trinajstić information content (AvgIpc) is 2.38. The highest BCUT2D eigenvalue weighted by Gasteiger charge is 2.15. The summed E-state index contributed by atoms with van der Waals surface area (Å²) in [6.45, 7) is 9.20. The number of nitrogens with one attached hydrogen (secondary N) is 2. The predicted octanol–water partition coefficient (Wildman–Crippen LogP) is 1.90. The van der Waals surface area contributed by atoms with Crippen LogP contribution >= 0.6 is 0 Å². The average molecular weight is 252 g/mol. The molecule has 0 aliphatic rings. The molecule has 102 valence electrons. The van der Waals surface area contributed by atoms with Gasteiger partial charge in [-0.25, -0.2) is 9.97 Å². The van der Waals surface area contributed by atoms with Crippen molar-refractivity contribution in [2.24, 2.45) is 5.92 Å². The third kappa shape index (κ3) is 3.57. The smallest absolute Gasteiger partial charge is 0.134 e. The first-order valence-electron chi connectivity index (χ1n) is 6.59. The molecule has 0 spiro atoms. The summed E-state index contributed by atoms with van der Waals surface area (Å²) in [5.74, 6) is 1.94. The van der Waals surface area contributed by atoms with Crippen LogP contribution in [-0.2, 0) is 6.42 Å². The van der Waals surface area contributed by atoms with Crippen molar-refractivity contribution in [3.05, 3.63) is 11.9 Å². The van der Waals surface area contributed by atoms with Crippen LogP contribution in [-0.4, -0.2) is 34.3 Å². The molecule has 0 radical (unpaired) electrons. The molecule has 1 aromatic rings. The van der Waals surface area contributed by atoms with Gasteiger partial charge in [-0.2, -0.15) is 0 Å². The van der Waals surface area contributed by atoms with Crippen molar-refractivity contribution in [2.75, 3.05) is 23.8 Å². The lowest BCUT2D eigenvalue weighted by molar-refractivity contribution is 0.226. The summed E-state index contributed by atoms with van der Waals surface area (Å²) in [4.78, 5) is 8.57. The zero-order valence-electron chi connectivity index (χ0n) is 11.7. The molecule has 1 rings (SSSR count). The van der Waals surface area contributed by atoms with Crippen LogP contribution in [0.15, 0.2) is 6.33 Å². The monoisotopic (exact) mass is 252 g/mol. The lowest BCUT2D eigenvalue weighted by Crippen LogP contribution is -2.27. The fraction of sp³-hybridized carbons (Fsp3) is 0.692. The fourth-order valence-corrected chi connectivity index (χ4v) is 1.71. The molecule has 18 heavy (non-hydrogen) atoms. The van der Waals surface area contributed by atoms with E-state index in [-0.39, 0.29) is 18.6 Å². The quantitative estimate of drug-likeness (QED) is 0.691. The Balaban J connectivity index is 2.91. The van der Waals surface area contributed by atoms with Gasteiger partial charge in [0, 0.05) is 24.8 Å². The van der Waals surface area contributed by atoms with Crippen LogP contribution in [0.25, 0.3) is 0 Å². The summed E-state index contributed by atoms with van der Waals surface area (Å²) in [6, 6.07) is 0.171. The molecule has 1 heterocycles. The highest BCUT2D eigenvalue weighted by atomic mass is 16.3. The SMILES string of the molecule is CCNc1ncnc(NC(C)C(C)CO)c1CC. The summed E-state index contributed by atoms with van der Waals surface area (Å²) in [7, 11) is 0. The Kier molecular flexibility index (Phi) is 5.85. The second-order valence-electron chi connectivity index (χ2n) is 4.53. The Bertz CT molecular complexity index is 370. The Morgan fingerprint density at radius 2 is 1.89 bits per heavy atom. The van der Waals surface area contributed by atoms with Gasteiger partial charge in [0.05, 0.1) is 0 Å². The number of aliphatic hydroxyl groups is 1. The minimum atomic E-state index is 0.167. The first kappa shape index (κ1) is 14.7. The Morgan fingerprint density at radius 3 is 2.44 bits per heavy atom. The van der Waals surface area contributed by atoms with Gasteiger partial charge in [0.2, 0.25) is 0 Å². The van der Waals surface area contributed by atoms with Gasteiger partial charge in [0.15, 0.2) is 0 Å². The number of aliphatic hydroxyl groups excluding tert-OH is 1. The lowest BCUT2D eigenvalue weighted by Gasteiger charge is -2.22. The largest absolute Gasteiger partial charge is 0.396 e. The molecular formula is C13H24N4O. The Morgan fingerprint density at radius 1 is 1.22 bits per heavy atom. The third-order valence-electron chi connectivity index (χ3n) is 3.15. The van der Waals surface area contributed by atoms with Gasteiger partial charge in [0.1, 0.15) is 18.0 Å². The second kappa shape index (κ2) is 7.16. The molecule has 3 N–H and O–H groups in total. The minimum Gasteiger partial charge on any atom is -0.396 e. The van der Waals surface area contributed by atoms with E-state index in [1.165, 1.54) is 0 Å². The minimum absolute atomic E-state index is 0.167. The highest BCUT2D eigenvalue weighted by molar-refractivity contribution is 5.57. The van der Waals surface area contributed by atoms with Crippen LogP contribution in [0.5, 0.6) is 0 Å². The van der Waals surface area contributed by atoms with E-state index in [4.69, 9.17) is 5.11 Å². The van der Waals surface area contributed by atoms with Crippen molar-refractivity contribution in [3.8, 4) is 0 Å².